The number of nitrogens with zero attached hydrogens (tertiary/aromatic N) is 1. The molecule has 10 heteroatoms. The van der Waals surface area contributed by atoms with Gasteiger partial charge in [0.1, 0.15) is 19.8 Å². The average molecular weight is 716 g/mol. The van der Waals surface area contributed by atoms with Crippen LogP contribution < -0.4 is 4.89 Å². The Kier molecular flexibility index (Phi) is 31.4. The van der Waals surface area contributed by atoms with Gasteiger partial charge in [0.05, 0.1) is 27.7 Å². The molecule has 0 saturated heterocycles. The van der Waals surface area contributed by atoms with Crippen molar-refractivity contribution >= 4 is 19.8 Å². The Morgan fingerprint density at radius 3 is 1.65 bits per heavy atom. The summed E-state index contributed by atoms with van der Waals surface area (Å²) in [7, 11) is 1.16. The van der Waals surface area contributed by atoms with Gasteiger partial charge in [0.25, 0.3) is 7.82 Å². The highest BCUT2D eigenvalue weighted by molar-refractivity contribution is 7.45. The molecule has 0 N–H and O–H groups in total. The molecular weight excluding hydrogens is 641 g/mol. The van der Waals surface area contributed by atoms with E-state index in [1.54, 1.807) is 0 Å². The van der Waals surface area contributed by atoms with E-state index >= 15 is 0 Å². The van der Waals surface area contributed by atoms with Crippen molar-refractivity contribution in [1.29, 1.82) is 0 Å². The molecule has 0 aliphatic rings. The Balaban J connectivity index is 4.45. The molecule has 1 unspecified atom stereocenters. The summed E-state index contributed by atoms with van der Waals surface area (Å²) < 4.78 is 33.7. The highest BCUT2D eigenvalue weighted by Gasteiger charge is 2.21. The van der Waals surface area contributed by atoms with Gasteiger partial charge in [-0.2, -0.15) is 0 Å². The summed E-state index contributed by atoms with van der Waals surface area (Å²) in [4.78, 5) is 37.3. The summed E-state index contributed by atoms with van der Waals surface area (Å²) in [5, 5.41) is 0. The van der Waals surface area contributed by atoms with Gasteiger partial charge in [-0.05, 0) is 44.9 Å². The molecule has 0 rings (SSSR count). The number of rotatable bonds is 35. The second kappa shape index (κ2) is 32.4. The zero-order valence-corrected chi connectivity index (χ0v) is 33.0. The molecule has 0 aromatic carbocycles. The Bertz CT molecular complexity index is 902. The van der Waals surface area contributed by atoms with Crippen LogP contribution in [0.25, 0.3) is 0 Å². The van der Waals surface area contributed by atoms with Crippen molar-refractivity contribution in [3.05, 3.63) is 24.3 Å². The van der Waals surface area contributed by atoms with Crippen LogP contribution in [0.15, 0.2) is 24.3 Å². The number of quaternary nitrogens is 1. The maximum atomic E-state index is 12.6. The molecule has 0 aromatic heterocycles. The highest BCUT2D eigenvalue weighted by Crippen LogP contribution is 2.38. The zero-order chi connectivity index (χ0) is 36.5. The van der Waals surface area contributed by atoms with E-state index in [0.29, 0.717) is 17.4 Å². The van der Waals surface area contributed by atoms with Crippen molar-refractivity contribution in [3.8, 4) is 0 Å². The smallest absolute Gasteiger partial charge is 0.306 e. The highest BCUT2D eigenvalue weighted by atomic mass is 31.2. The lowest BCUT2D eigenvalue weighted by Crippen LogP contribution is -2.37. The van der Waals surface area contributed by atoms with Crippen LogP contribution >= 0.6 is 7.82 Å². The number of carbonyl (C=O) groups excluding carboxylic acids is 2. The second-order valence-corrected chi connectivity index (χ2v) is 15.7. The predicted octanol–water partition coefficient (Wildman–Crippen LogP) is 9.77. The fraction of sp³-hybridized carbons (Fsp3) is 0.846. The van der Waals surface area contributed by atoms with Crippen LogP contribution in [0.3, 0.4) is 0 Å². The van der Waals surface area contributed by atoms with Crippen LogP contribution in [0.2, 0.25) is 0 Å². The van der Waals surface area contributed by atoms with Crippen LogP contribution in [0.1, 0.15) is 162 Å². The van der Waals surface area contributed by atoms with E-state index in [1.807, 2.05) is 21.1 Å². The minimum Gasteiger partial charge on any atom is -0.756 e. The van der Waals surface area contributed by atoms with Gasteiger partial charge in [-0.1, -0.05) is 128 Å². The first-order valence-corrected chi connectivity index (χ1v) is 21.0. The fourth-order valence-corrected chi connectivity index (χ4v) is 5.82. The first kappa shape index (κ1) is 47.5. The molecule has 0 radical (unpaired) electrons. The number of hydrogen-bond acceptors (Lipinski definition) is 8. The monoisotopic (exact) mass is 716 g/mol. The fourth-order valence-electron chi connectivity index (χ4n) is 5.09. The number of allylic oxidation sites excluding steroid dienone is 4. The van der Waals surface area contributed by atoms with Crippen LogP contribution in [0, 0.1) is 0 Å². The molecule has 2 atom stereocenters. The topological polar surface area (TPSA) is 111 Å². The Labute approximate surface area is 300 Å². The van der Waals surface area contributed by atoms with E-state index in [0.717, 1.165) is 57.8 Å². The molecule has 0 amide bonds. The SMILES string of the molecule is CCCCC/C=C\C/C=C\CCCCCCCC(=O)O[C@H](COC(=O)CCCCCCCCCCCC)COP(=O)([O-])OCC[N+](C)(C)C. The zero-order valence-electron chi connectivity index (χ0n) is 32.1. The van der Waals surface area contributed by atoms with E-state index in [9.17, 15) is 19.0 Å². The molecule has 0 saturated carbocycles. The lowest BCUT2D eigenvalue weighted by molar-refractivity contribution is -0.870. The van der Waals surface area contributed by atoms with Gasteiger partial charge in [0.2, 0.25) is 0 Å². The maximum Gasteiger partial charge on any atom is 0.306 e. The van der Waals surface area contributed by atoms with E-state index < -0.39 is 26.5 Å². The molecular formula is C39H74NO8P. The van der Waals surface area contributed by atoms with E-state index in [1.165, 1.54) is 70.6 Å². The number of hydrogen-bond donors (Lipinski definition) is 0. The number of unbranched alkanes of at least 4 members (excludes halogenated alkanes) is 17. The Morgan fingerprint density at radius 2 is 1.10 bits per heavy atom. The molecule has 0 bridgehead atoms. The third kappa shape index (κ3) is 36.1. The number of likely N-dealkylation sites (N-methyl/N-ethyl adjacent to an activating group) is 1. The minimum absolute atomic E-state index is 0.0323. The molecule has 0 spiro atoms. The molecule has 0 heterocycles. The molecule has 0 fully saturated rings. The van der Waals surface area contributed by atoms with Gasteiger partial charge in [0, 0.05) is 12.8 Å². The van der Waals surface area contributed by atoms with Crippen LogP contribution in [0.4, 0.5) is 0 Å². The average Bonchev–Trinajstić information content (AvgIpc) is 3.04. The summed E-state index contributed by atoms with van der Waals surface area (Å²) in [5.74, 6) is -0.851. The van der Waals surface area contributed by atoms with E-state index in [4.69, 9.17) is 18.5 Å². The van der Waals surface area contributed by atoms with Crippen LogP contribution in [-0.4, -0.2) is 70.0 Å². The summed E-state index contributed by atoms with van der Waals surface area (Å²) >= 11 is 0. The summed E-state index contributed by atoms with van der Waals surface area (Å²) in [6, 6.07) is 0. The largest absolute Gasteiger partial charge is 0.756 e. The number of phosphoric ester groups is 1. The molecule has 0 aromatic rings. The van der Waals surface area contributed by atoms with Gasteiger partial charge >= 0.3 is 11.9 Å². The number of carbonyl (C=O) groups is 2. The first-order valence-electron chi connectivity index (χ1n) is 19.5. The van der Waals surface area contributed by atoms with Crippen molar-refractivity contribution in [2.24, 2.45) is 0 Å². The summed E-state index contributed by atoms with van der Waals surface area (Å²) in [6.45, 7) is 4.16. The first-order chi connectivity index (χ1) is 23.5. The van der Waals surface area contributed by atoms with Crippen molar-refractivity contribution in [3.63, 3.8) is 0 Å². The normalized spacial score (nSPS) is 14.0. The molecule has 49 heavy (non-hydrogen) atoms. The number of phosphoric acid groups is 1. The van der Waals surface area contributed by atoms with E-state index in [2.05, 4.69) is 38.2 Å². The second-order valence-electron chi connectivity index (χ2n) is 14.3. The third-order valence-corrected chi connectivity index (χ3v) is 9.19. The minimum atomic E-state index is -4.62. The van der Waals surface area contributed by atoms with E-state index in [-0.39, 0.29) is 32.0 Å². The number of esters is 2. The quantitative estimate of drug-likeness (QED) is 0.0210. The molecule has 0 aliphatic heterocycles. The van der Waals surface area contributed by atoms with Crippen LogP contribution in [-0.2, 0) is 32.7 Å². The van der Waals surface area contributed by atoms with Gasteiger partial charge in [0.15, 0.2) is 6.10 Å². The summed E-state index contributed by atoms with van der Waals surface area (Å²) in [6.07, 6.45) is 32.0. The molecule has 288 valence electrons. The van der Waals surface area contributed by atoms with Gasteiger partial charge < -0.3 is 27.9 Å². The maximum absolute atomic E-state index is 12.6. The van der Waals surface area contributed by atoms with Crippen molar-refractivity contribution < 1.29 is 42.1 Å². The molecule has 0 aliphatic carbocycles. The summed E-state index contributed by atoms with van der Waals surface area (Å²) in [5.41, 5.74) is 0. The third-order valence-electron chi connectivity index (χ3n) is 8.22. The van der Waals surface area contributed by atoms with Crippen molar-refractivity contribution in [2.75, 3.05) is 47.5 Å². The Morgan fingerprint density at radius 1 is 0.633 bits per heavy atom. The Hall–Kier alpha value is -1.51. The van der Waals surface area contributed by atoms with Crippen molar-refractivity contribution in [1.82, 2.24) is 0 Å². The molecule has 9 nitrogen and oxygen atoms in total. The van der Waals surface area contributed by atoms with Gasteiger partial charge in [-0.25, -0.2) is 0 Å². The lowest BCUT2D eigenvalue weighted by atomic mass is 10.1. The van der Waals surface area contributed by atoms with Crippen molar-refractivity contribution in [2.45, 2.75) is 168 Å². The van der Waals surface area contributed by atoms with Gasteiger partial charge in [-0.3, -0.25) is 14.2 Å². The predicted molar refractivity (Wildman–Crippen MR) is 199 cm³/mol. The standard InChI is InChI=1S/C39H74NO8P/c1-6-8-10-12-14-16-18-19-20-21-22-24-26-28-30-32-39(42)48-37(36-47-49(43,44)46-34-33-40(3,4)5)35-45-38(41)31-29-27-25-23-17-15-13-11-9-7-2/h14,16,19-20,37H,6-13,15,17-18,21-36H2,1-5H3/b16-14-,20-19-/t37-/m1/s1. The van der Waals surface area contributed by atoms with Crippen LogP contribution in [0.5, 0.6) is 0 Å². The lowest BCUT2D eigenvalue weighted by Gasteiger charge is -2.28. The van der Waals surface area contributed by atoms with Gasteiger partial charge in [-0.15, -0.1) is 0 Å². The number of ether oxygens (including phenoxy) is 2.